The van der Waals surface area contributed by atoms with Gasteiger partial charge in [-0.2, -0.15) is 0 Å². The zero-order valence-electron chi connectivity index (χ0n) is 11.4. The Kier molecular flexibility index (Phi) is 4.25. The quantitative estimate of drug-likeness (QED) is 0.658. The second-order valence-corrected chi connectivity index (χ2v) is 6.71. The van der Waals surface area contributed by atoms with E-state index >= 15 is 0 Å². The topological polar surface area (TPSA) is 47.3 Å². The van der Waals surface area contributed by atoms with Crippen LogP contribution in [0.1, 0.15) is 43.7 Å². The molecule has 2 unspecified atom stereocenters. The minimum absolute atomic E-state index is 0.0302. The number of halogens is 2. The van der Waals surface area contributed by atoms with Crippen LogP contribution >= 0.6 is 23.2 Å². The molecule has 3 N–H and O–H groups in total. The van der Waals surface area contributed by atoms with Crippen molar-refractivity contribution >= 4 is 23.2 Å². The lowest BCUT2D eigenvalue weighted by molar-refractivity contribution is -0.147. The Morgan fingerprint density at radius 2 is 2.15 bits per heavy atom. The fourth-order valence-electron chi connectivity index (χ4n) is 3.51. The van der Waals surface area contributed by atoms with E-state index in [-0.39, 0.29) is 11.6 Å². The van der Waals surface area contributed by atoms with E-state index < -0.39 is 0 Å². The van der Waals surface area contributed by atoms with Crippen LogP contribution in [-0.4, -0.2) is 12.2 Å². The molecular weight excluding hydrogens is 295 g/mol. The van der Waals surface area contributed by atoms with Crippen molar-refractivity contribution in [3.63, 3.8) is 0 Å². The molecule has 2 fully saturated rings. The van der Waals surface area contributed by atoms with Gasteiger partial charge in [0.2, 0.25) is 0 Å². The molecule has 0 aromatic heterocycles. The largest absolute Gasteiger partial charge is 0.375 e. The third kappa shape index (κ3) is 2.58. The fourth-order valence-corrected chi connectivity index (χ4v) is 3.94. The molecule has 1 heterocycles. The second kappa shape index (κ2) is 5.82. The van der Waals surface area contributed by atoms with Crippen molar-refractivity contribution in [1.29, 1.82) is 0 Å². The summed E-state index contributed by atoms with van der Waals surface area (Å²) in [5.41, 5.74) is 4.03. The molecule has 5 heteroatoms. The molecule has 1 saturated heterocycles. The molecule has 2 atom stereocenters. The van der Waals surface area contributed by atoms with E-state index in [4.69, 9.17) is 33.8 Å². The number of benzene rings is 1. The van der Waals surface area contributed by atoms with Crippen molar-refractivity contribution in [3.05, 3.63) is 33.8 Å². The molecule has 20 heavy (non-hydrogen) atoms. The number of hydrogen-bond donors (Lipinski definition) is 2. The average molecular weight is 315 g/mol. The normalized spacial score (nSPS) is 26.2. The summed E-state index contributed by atoms with van der Waals surface area (Å²) in [6.45, 7) is 0.807. The van der Waals surface area contributed by atoms with Gasteiger partial charge in [0.1, 0.15) is 0 Å². The fraction of sp³-hybridized carbons (Fsp3) is 0.600. The second-order valence-electron chi connectivity index (χ2n) is 5.93. The summed E-state index contributed by atoms with van der Waals surface area (Å²) < 4.78 is 5.99. The maximum atomic E-state index is 6.35. The molecule has 0 amide bonds. The van der Waals surface area contributed by atoms with Crippen molar-refractivity contribution in [3.8, 4) is 0 Å². The van der Waals surface area contributed by atoms with Crippen LogP contribution in [0.5, 0.6) is 0 Å². The zero-order chi connectivity index (χ0) is 14.2. The first-order valence-corrected chi connectivity index (χ1v) is 7.95. The van der Waals surface area contributed by atoms with Crippen LogP contribution in [0.3, 0.4) is 0 Å². The third-order valence-electron chi connectivity index (χ3n) is 4.76. The van der Waals surface area contributed by atoms with Crippen LogP contribution in [0.15, 0.2) is 18.2 Å². The van der Waals surface area contributed by atoms with Crippen molar-refractivity contribution < 1.29 is 4.74 Å². The summed E-state index contributed by atoms with van der Waals surface area (Å²) in [6.07, 6.45) is 5.66. The highest BCUT2D eigenvalue weighted by Crippen LogP contribution is 2.47. The highest BCUT2D eigenvalue weighted by molar-refractivity contribution is 6.42. The monoisotopic (exact) mass is 314 g/mol. The van der Waals surface area contributed by atoms with Gasteiger partial charge in [-0.25, -0.2) is 0 Å². The molecule has 1 spiro atoms. The van der Waals surface area contributed by atoms with Gasteiger partial charge in [-0.1, -0.05) is 35.3 Å². The van der Waals surface area contributed by atoms with Crippen molar-refractivity contribution in [2.75, 3.05) is 6.61 Å². The summed E-state index contributed by atoms with van der Waals surface area (Å²) in [5.74, 6) is 6.25. The first-order valence-electron chi connectivity index (χ1n) is 7.19. The van der Waals surface area contributed by atoms with E-state index in [0.29, 0.717) is 16.0 Å². The first kappa shape index (κ1) is 14.6. The SMILES string of the molecule is NNC(c1cccc(Cl)c1Cl)C1CCOC2(CCC2)C1. The molecule has 1 aliphatic heterocycles. The lowest BCUT2D eigenvalue weighted by atomic mass is 9.70. The van der Waals surface area contributed by atoms with E-state index in [9.17, 15) is 0 Å². The van der Waals surface area contributed by atoms with E-state index in [1.165, 1.54) is 19.3 Å². The Morgan fingerprint density at radius 3 is 2.80 bits per heavy atom. The predicted octanol–water partition coefficient (Wildman–Crippen LogP) is 3.85. The molecule has 1 aromatic rings. The Balaban J connectivity index is 1.84. The maximum absolute atomic E-state index is 6.35. The van der Waals surface area contributed by atoms with Crippen LogP contribution in [0.4, 0.5) is 0 Å². The highest BCUT2D eigenvalue weighted by atomic mass is 35.5. The molecule has 3 nitrogen and oxygen atoms in total. The van der Waals surface area contributed by atoms with Gasteiger partial charge in [0.05, 0.1) is 21.7 Å². The van der Waals surface area contributed by atoms with E-state index in [2.05, 4.69) is 5.43 Å². The summed E-state index contributed by atoms with van der Waals surface area (Å²) in [7, 11) is 0. The van der Waals surface area contributed by atoms with Crippen molar-refractivity contribution in [2.45, 2.75) is 43.7 Å². The van der Waals surface area contributed by atoms with Gasteiger partial charge in [0.25, 0.3) is 0 Å². The van der Waals surface area contributed by atoms with Gasteiger partial charge < -0.3 is 4.74 Å². The van der Waals surface area contributed by atoms with Crippen LogP contribution in [0, 0.1) is 5.92 Å². The smallest absolute Gasteiger partial charge is 0.0686 e. The Morgan fingerprint density at radius 1 is 1.35 bits per heavy atom. The number of ether oxygens (including phenoxy) is 1. The minimum Gasteiger partial charge on any atom is -0.375 e. The molecule has 1 saturated carbocycles. The molecule has 0 bridgehead atoms. The van der Waals surface area contributed by atoms with Gasteiger partial charge in [-0.05, 0) is 49.7 Å². The van der Waals surface area contributed by atoms with Gasteiger partial charge in [-0.15, -0.1) is 0 Å². The lowest BCUT2D eigenvalue weighted by Crippen LogP contribution is -2.48. The van der Waals surface area contributed by atoms with Crippen LogP contribution in [0.25, 0.3) is 0 Å². The van der Waals surface area contributed by atoms with E-state index in [0.717, 1.165) is 25.0 Å². The maximum Gasteiger partial charge on any atom is 0.0686 e. The Hall–Kier alpha value is -0.320. The number of nitrogens with two attached hydrogens (primary N) is 1. The van der Waals surface area contributed by atoms with Crippen molar-refractivity contribution in [2.24, 2.45) is 11.8 Å². The van der Waals surface area contributed by atoms with Gasteiger partial charge in [0, 0.05) is 6.61 Å². The molecule has 1 aromatic carbocycles. The van der Waals surface area contributed by atoms with Crippen LogP contribution < -0.4 is 11.3 Å². The van der Waals surface area contributed by atoms with Crippen molar-refractivity contribution in [1.82, 2.24) is 5.43 Å². The molecular formula is C15H20Cl2N2O. The van der Waals surface area contributed by atoms with Gasteiger partial charge >= 0.3 is 0 Å². The summed E-state index contributed by atoms with van der Waals surface area (Å²) in [6, 6.07) is 5.76. The average Bonchev–Trinajstić information content (AvgIpc) is 2.43. The van der Waals surface area contributed by atoms with Crippen LogP contribution in [0.2, 0.25) is 10.0 Å². The highest BCUT2D eigenvalue weighted by Gasteiger charge is 2.44. The van der Waals surface area contributed by atoms with Gasteiger partial charge in [-0.3, -0.25) is 11.3 Å². The summed E-state index contributed by atoms with van der Waals surface area (Å²) >= 11 is 12.5. The Bertz CT molecular complexity index is 491. The molecule has 3 rings (SSSR count). The molecule has 0 radical (unpaired) electrons. The summed E-state index contributed by atoms with van der Waals surface area (Å²) in [5, 5.41) is 1.18. The van der Waals surface area contributed by atoms with E-state index in [1.54, 1.807) is 6.07 Å². The summed E-state index contributed by atoms with van der Waals surface area (Å²) in [4.78, 5) is 0. The number of nitrogens with one attached hydrogen (secondary N) is 1. The molecule has 2 aliphatic rings. The van der Waals surface area contributed by atoms with Gasteiger partial charge in [0.15, 0.2) is 0 Å². The standard InChI is InChI=1S/C15H20Cl2N2O/c16-12-4-1-3-11(13(12)17)14(19-18)10-5-8-20-15(9-10)6-2-7-15/h1,3-4,10,14,19H,2,5-9,18H2. The number of hydrogen-bond acceptors (Lipinski definition) is 3. The number of hydrazine groups is 1. The predicted molar refractivity (Wildman–Crippen MR) is 81.8 cm³/mol. The Labute approximate surface area is 129 Å². The van der Waals surface area contributed by atoms with Crippen LogP contribution in [-0.2, 0) is 4.74 Å². The molecule has 110 valence electrons. The van der Waals surface area contributed by atoms with E-state index in [1.807, 2.05) is 12.1 Å². The zero-order valence-corrected chi connectivity index (χ0v) is 12.9. The number of rotatable bonds is 3. The third-order valence-corrected chi connectivity index (χ3v) is 5.60. The molecule has 1 aliphatic carbocycles. The minimum atomic E-state index is 0.0302. The first-order chi connectivity index (χ1) is 9.65. The lowest BCUT2D eigenvalue weighted by Gasteiger charge is -2.48.